The van der Waals surface area contributed by atoms with E-state index in [4.69, 9.17) is 9.47 Å². The van der Waals surface area contributed by atoms with E-state index < -0.39 is 0 Å². The molecule has 10 unspecified atom stereocenters. The highest BCUT2D eigenvalue weighted by atomic mass is 16.5. The molecule has 0 N–H and O–H groups in total. The van der Waals surface area contributed by atoms with Crippen molar-refractivity contribution in [3.63, 3.8) is 0 Å². The van der Waals surface area contributed by atoms with Crippen LogP contribution >= 0.6 is 0 Å². The quantitative estimate of drug-likeness (QED) is 0.153. The molecule has 5 saturated carbocycles. The molecule has 0 spiro atoms. The van der Waals surface area contributed by atoms with E-state index in [0.717, 1.165) is 67.3 Å². The Bertz CT molecular complexity index is 753. The van der Waals surface area contributed by atoms with Crippen LogP contribution in [-0.4, -0.2) is 24.8 Å². The first kappa shape index (κ1) is 33.3. The first-order chi connectivity index (χ1) is 19.8. The Kier molecular flexibility index (Phi) is 13.4. The first-order valence-electron chi connectivity index (χ1n) is 18.7. The van der Waals surface area contributed by atoms with Crippen LogP contribution in [0.3, 0.4) is 0 Å². The number of unbranched alkanes of at least 4 members (excludes halogenated alkanes) is 7. The Morgan fingerprint density at radius 2 is 1.22 bits per heavy atom. The monoisotopic (exact) mass is 573 g/mol. The predicted octanol–water partition coefficient (Wildman–Crippen LogP) is 10.6. The second kappa shape index (κ2) is 16.5. The smallest absolute Gasteiger partial charge is 0.309 e. The molecule has 5 aliphatic rings. The first-order valence-corrected chi connectivity index (χ1v) is 18.7. The summed E-state index contributed by atoms with van der Waals surface area (Å²) < 4.78 is 12.1. The molecule has 0 radical (unpaired) electrons. The van der Waals surface area contributed by atoms with Crippen LogP contribution < -0.4 is 0 Å². The highest BCUT2D eigenvalue weighted by molar-refractivity contribution is 5.73. The van der Waals surface area contributed by atoms with Crippen molar-refractivity contribution in [2.75, 3.05) is 6.61 Å². The second-order valence-corrected chi connectivity index (χ2v) is 15.6. The van der Waals surface area contributed by atoms with Crippen molar-refractivity contribution in [3.8, 4) is 0 Å². The van der Waals surface area contributed by atoms with Gasteiger partial charge in [-0.15, -0.1) is 0 Å². The number of rotatable bonds is 14. The molecule has 3 heteroatoms. The molecule has 0 saturated heterocycles. The summed E-state index contributed by atoms with van der Waals surface area (Å²) in [5.74, 6) is 7.85. The molecular formula is C38H68O3. The minimum atomic E-state index is 0.142. The van der Waals surface area contributed by atoms with Crippen molar-refractivity contribution < 1.29 is 14.3 Å². The third-order valence-electron chi connectivity index (χ3n) is 13.2. The molecule has 0 amide bonds. The van der Waals surface area contributed by atoms with Crippen molar-refractivity contribution in [2.24, 2.45) is 59.2 Å². The van der Waals surface area contributed by atoms with E-state index in [1.165, 1.54) is 96.3 Å². The molecule has 0 aromatic carbocycles. The summed E-state index contributed by atoms with van der Waals surface area (Å²) in [4.78, 5) is 12.6. The number of hydrogen-bond acceptors (Lipinski definition) is 3. The van der Waals surface area contributed by atoms with Crippen molar-refractivity contribution >= 4 is 5.97 Å². The number of hydrogen-bond donors (Lipinski definition) is 0. The lowest BCUT2D eigenvalue weighted by atomic mass is 9.76. The van der Waals surface area contributed by atoms with Gasteiger partial charge >= 0.3 is 5.97 Å². The highest BCUT2D eigenvalue weighted by Gasteiger charge is 2.52. The van der Waals surface area contributed by atoms with Crippen LogP contribution in [0.15, 0.2) is 0 Å². The van der Waals surface area contributed by atoms with E-state index >= 15 is 0 Å². The van der Waals surface area contributed by atoms with Gasteiger partial charge in [0, 0.05) is 6.61 Å². The highest BCUT2D eigenvalue weighted by Crippen LogP contribution is 2.55. The average Bonchev–Trinajstić information content (AvgIpc) is 3.73. The van der Waals surface area contributed by atoms with Crippen LogP contribution in [0.4, 0.5) is 0 Å². The fraction of sp³-hybridized carbons (Fsp3) is 0.974. The van der Waals surface area contributed by atoms with Gasteiger partial charge in [0.05, 0.1) is 12.0 Å². The van der Waals surface area contributed by atoms with Gasteiger partial charge in [0.25, 0.3) is 0 Å². The van der Waals surface area contributed by atoms with E-state index in [9.17, 15) is 4.79 Å². The zero-order valence-electron chi connectivity index (χ0n) is 28.1. The Labute approximate surface area is 255 Å². The molecule has 238 valence electrons. The molecule has 0 aromatic rings. The molecule has 41 heavy (non-hydrogen) atoms. The molecule has 10 atom stereocenters. The Morgan fingerprint density at radius 3 is 1.80 bits per heavy atom. The number of carbonyl (C=O) groups excluding carboxylic acids is 1. The van der Waals surface area contributed by atoms with Gasteiger partial charge in [-0.1, -0.05) is 99.3 Å². The van der Waals surface area contributed by atoms with Gasteiger partial charge < -0.3 is 9.47 Å². The Balaban J connectivity index is 0.000000191. The number of ether oxygens (including phenoxy) is 2. The minimum Gasteiger partial charge on any atom is -0.462 e. The minimum absolute atomic E-state index is 0.142. The third-order valence-corrected chi connectivity index (χ3v) is 13.2. The van der Waals surface area contributed by atoms with E-state index in [0.29, 0.717) is 17.9 Å². The molecule has 5 rings (SSSR count). The van der Waals surface area contributed by atoms with Crippen LogP contribution in [0.25, 0.3) is 0 Å². The average molecular weight is 573 g/mol. The summed E-state index contributed by atoms with van der Waals surface area (Å²) in [6, 6.07) is 0. The lowest BCUT2D eigenvalue weighted by molar-refractivity contribution is -0.159. The van der Waals surface area contributed by atoms with Crippen LogP contribution in [-0.2, 0) is 14.3 Å². The summed E-state index contributed by atoms with van der Waals surface area (Å²) in [5.41, 5.74) is 0. The van der Waals surface area contributed by atoms with Crippen LogP contribution in [0.5, 0.6) is 0 Å². The van der Waals surface area contributed by atoms with Gasteiger partial charge in [0.15, 0.2) is 0 Å². The summed E-state index contributed by atoms with van der Waals surface area (Å²) in [7, 11) is 0. The predicted molar refractivity (Wildman–Crippen MR) is 172 cm³/mol. The molecular weight excluding hydrogens is 504 g/mol. The van der Waals surface area contributed by atoms with Crippen molar-refractivity contribution in [1.29, 1.82) is 0 Å². The number of carbonyl (C=O) groups is 1. The fourth-order valence-electron chi connectivity index (χ4n) is 9.85. The molecule has 5 aliphatic carbocycles. The Morgan fingerprint density at radius 1 is 0.634 bits per heavy atom. The van der Waals surface area contributed by atoms with E-state index in [-0.39, 0.29) is 18.0 Å². The van der Waals surface area contributed by atoms with E-state index in [1.54, 1.807) is 0 Å². The SMILES string of the molecule is CCCCC1CCC(OC(=O)C2CC3CC2C(C)C3C)CC1.CCCCCCCCCOC1CC2CC1C(C)C2C. The van der Waals surface area contributed by atoms with Gasteiger partial charge in [0.2, 0.25) is 0 Å². The van der Waals surface area contributed by atoms with Crippen molar-refractivity contribution in [1.82, 2.24) is 0 Å². The van der Waals surface area contributed by atoms with Gasteiger partial charge in [-0.05, 0) is 111 Å². The van der Waals surface area contributed by atoms with Crippen LogP contribution in [0.2, 0.25) is 0 Å². The van der Waals surface area contributed by atoms with Gasteiger partial charge in [-0.3, -0.25) is 4.79 Å². The van der Waals surface area contributed by atoms with Crippen molar-refractivity contribution in [2.45, 2.75) is 169 Å². The molecule has 0 heterocycles. The van der Waals surface area contributed by atoms with Crippen molar-refractivity contribution in [3.05, 3.63) is 0 Å². The second-order valence-electron chi connectivity index (χ2n) is 15.6. The lowest BCUT2D eigenvalue weighted by Crippen LogP contribution is -2.34. The zero-order chi connectivity index (χ0) is 29.4. The number of fused-ring (bicyclic) bond motifs is 4. The lowest BCUT2D eigenvalue weighted by Gasteiger charge is -2.33. The van der Waals surface area contributed by atoms with Crippen LogP contribution in [0.1, 0.15) is 157 Å². The molecule has 0 aromatic heterocycles. The normalized spacial score (nSPS) is 40.9. The molecule has 4 bridgehead atoms. The Hall–Kier alpha value is -0.570. The summed E-state index contributed by atoms with van der Waals surface area (Å²) in [5, 5.41) is 0. The molecule has 3 nitrogen and oxygen atoms in total. The standard InChI is InChI=1S/C20H34O2.C18H34O/c1-4-5-6-15-7-9-17(10-8-15)22-20(21)19-12-16-11-18(19)14(3)13(16)2;1-4-5-6-7-8-9-10-11-19-18-13-16-12-17(18)15(3)14(16)2/h13-19H,4-12H2,1-3H3;14-18H,4-13H2,1-3H3. The van der Waals surface area contributed by atoms with Gasteiger partial charge in [-0.2, -0.15) is 0 Å². The summed E-state index contributed by atoms with van der Waals surface area (Å²) in [6.45, 7) is 15.2. The van der Waals surface area contributed by atoms with E-state index in [1.807, 2.05) is 0 Å². The summed E-state index contributed by atoms with van der Waals surface area (Å²) in [6.07, 6.45) is 24.5. The van der Waals surface area contributed by atoms with E-state index in [2.05, 4.69) is 41.5 Å². The largest absolute Gasteiger partial charge is 0.462 e. The maximum absolute atomic E-state index is 12.6. The van der Waals surface area contributed by atoms with Gasteiger partial charge in [0.1, 0.15) is 6.10 Å². The van der Waals surface area contributed by atoms with Gasteiger partial charge in [-0.25, -0.2) is 0 Å². The topological polar surface area (TPSA) is 35.5 Å². The fourth-order valence-corrected chi connectivity index (χ4v) is 9.85. The zero-order valence-corrected chi connectivity index (χ0v) is 28.1. The molecule has 0 aliphatic heterocycles. The summed E-state index contributed by atoms with van der Waals surface area (Å²) >= 11 is 0. The maximum atomic E-state index is 12.6. The third kappa shape index (κ3) is 8.76. The maximum Gasteiger partial charge on any atom is 0.309 e. The number of esters is 1. The molecule has 5 fully saturated rings. The van der Waals surface area contributed by atoms with Crippen LogP contribution in [0, 0.1) is 59.2 Å².